The highest BCUT2D eigenvalue weighted by molar-refractivity contribution is 9.10. The van der Waals surface area contributed by atoms with Gasteiger partial charge in [0.25, 0.3) is 5.56 Å². The number of nitrogens with zero attached hydrogens (tertiary/aromatic N) is 2. The number of aromatic amines is 2. The molecule has 0 spiro atoms. The summed E-state index contributed by atoms with van der Waals surface area (Å²) in [6.45, 7) is 8.59. The van der Waals surface area contributed by atoms with E-state index in [-0.39, 0.29) is 11.0 Å². The molecule has 1 aliphatic heterocycles. The van der Waals surface area contributed by atoms with E-state index >= 15 is 0 Å². The minimum absolute atomic E-state index is 0.00693. The number of rotatable bonds is 2. The van der Waals surface area contributed by atoms with E-state index in [4.69, 9.17) is 4.98 Å². The molecule has 0 aliphatic carbocycles. The number of fused-ring (bicyclic) bond motifs is 2. The zero-order valence-corrected chi connectivity index (χ0v) is 16.9. The van der Waals surface area contributed by atoms with Crippen LogP contribution in [-0.2, 0) is 24.9 Å². The van der Waals surface area contributed by atoms with E-state index in [1.807, 2.05) is 0 Å². The lowest BCUT2D eigenvalue weighted by atomic mass is 9.95. The smallest absolute Gasteiger partial charge is 0.255 e. The SMILES string of the molecule is CC(C)(C)c1nc2c(c(=O)[nH]1)CN(Cc1c[nH]c3cc(Br)ccc13)CC2. The molecule has 0 atom stereocenters. The number of hydrogen-bond acceptors (Lipinski definition) is 3. The predicted molar refractivity (Wildman–Crippen MR) is 107 cm³/mol. The van der Waals surface area contributed by atoms with Crippen LogP contribution in [0.3, 0.4) is 0 Å². The van der Waals surface area contributed by atoms with Gasteiger partial charge in [-0.2, -0.15) is 0 Å². The first-order chi connectivity index (χ1) is 12.3. The third-order valence-corrected chi connectivity index (χ3v) is 5.47. The van der Waals surface area contributed by atoms with Gasteiger partial charge in [0.15, 0.2) is 0 Å². The molecule has 0 bridgehead atoms. The molecule has 3 aromatic rings. The number of nitrogens with one attached hydrogen (secondary N) is 2. The topological polar surface area (TPSA) is 64.8 Å². The molecule has 0 radical (unpaired) electrons. The van der Waals surface area contributed by atoms with Gasteiger partial charge in [0.1, 0.15) is 5.82 Å². The maximum absolute atomic E-state index is 12.6. The van der Waals surface area contributed by atoms with Gasteiger partial charge < -0.3 is 9.97 Å². The molecular weight excluding hydrogens is 392 g/mol. The van der Waals surface area contributed by atoms with Crippen molar-refractivity contribution in [3.63, 3.8) is 0 Å². The van der Waals surface area contributed by atoms with Crippen molar-refractivity contribution in [3.05, 3.63) is 61.9 Å². The van der Waals surface area contributed by atoms with Crippen LogP contribution in [0.25, 0.3) is 10.9 Å². The molecule has 0 amide bonds. The van der Waals surface area contributed by atoms with Gasteiger partial charge in [-0.05, 0) is 17.7 Å². The first-order valence-corrected chi connectivity index (χ1v) is 9.71. The average Bonchev–Trinajstić information content (AvgIpc) is 2.96. The van der Waals surface area contributed by atoms with Crippen molar-refractivity contribution in [2.45, 2.75) is 45.7 Å². The van der Waals surface area contributed by atoms with E-state index in [0.717, 1.165) is 46.6 Å². The van der Waals surface area contributed by atoms with Crippen LogP contribution in [0, 0.1) is 0 Å². The number of H-pyrrole nitrogens is 2. The normalized spacial score (nSPS) is 15.4. The molecule has 0 unspecified atom stereocenters. The Labute approximate surface area is 161 Å². The van der Waals surface area contributed by atoms with Crippen molar-refractivity contribution in [3.8, 4) is 0 Å². The molecule has 1 aliphatic rings. The zero-order valence-electron chi connectivity index (χ0n) is 15.3. The van der Waals surface area contributed by atoms with Gasteiger partial charge in [0, 0.05) is 53.0 Å². The van der Waals surface area contributed by atoms with Crippen molar-refractivity contribution in [1.82, 2.24) is 19.9 Å². The van der Waals surface area contributed by atoms with Gasteiger partial charge in [0.05, 0.1) is 11.3 Å². The van der Waals surface area contributed by atoms with Crippen LogP contribution in [-0.4, -0.2) is 26.4 Å². The van der Waals surface area contributed by atoms with E-state index in [1.54, 1.807) is 0 Å². The summed E-state index contributed by atoms with van der Waals surface area (Å²) in [7, 11) is 0. The number of aromatic nitrogens is 3. The van der Waals surface area contributed by atoms with Crippen LogP contribution in [0.1, 0.15) is 43.4 Å². The highest BCUT2D eigenvalue weighted by Gasteiger charge is 2.25. The van der Waals surface area contributed by atoms with E-state index in [0.29, 0.717) is 6.54 Å². The van der Waals surface area contributed by atoms with Gasteiger partial charge in [-0.1, -0.05) is 42.8 Å². The molecule has 136 valence electrons. The second kappa shape index (κ2) is 6.35. The molecule has 2 aromatic heterocycles. The molecular formula is C20H23BrN4O. The highest BCUT2D eigenvalue weighted by Crippen LogP contribution is 2.25. The fourth-order valence-corrected chi connectivity index (χ4v) is 3.86. The predicted octanol–water partition coefficient (Wildman–Crippen LogP) is 3.87. The standard InChI is InChI=1S/C20H23BrN4O/c1-20(2,3)19-23-16-6-7-25(11-15(16)18(26)24-19)10-12-9-22-17-8-13(21)4-5-14(12)17/h4-5,8-9,22H,6-7,10-11H2,1-3H3,(H,23,24,26). The maximum atomic E-state index is 12.6. The minimum Gasteiger partial charge on any atom is -0.361 e. The van der Waals surface area contributed by atoms with Crippen molar-refractivity contribution in [1.29, 1.82) is 0 Å². The van der Waals surface area contributed by atoms with E-state index < -0.39 is 0 Å². The van der Waals surface area contributed by atoms with Gasteiger partial charge >= 0.3 is 0 Å². The Balaban J connectivity index is 1.59. The molecule has 26 heavy (non-hydrogen) atoms. The third-order valence-electron chi connectivity index (χ3n) is 4.98. The summed E-state index contributed by atoms with van der Waals surface area (Å²) in [5, 5.41) is 1.23. The Kier molecular flexibility index (Phi) is 4.28. The summed E-state index contributed by atoms with van der Waals surface area (Å²) < 4.78 is 1.07. The Bertz CT molecular complexity index is 1030. The summed E-state index contributed by atoms with van der Waals surface area (Å²) in [6.07, 6.45) is 2.88. The van der Waals surface area contributed by atoms with Crippen LogP contribution in [0.15, 0.2) is 33.7 Å². The van der Waals surface area contributed by atoms with Crippen LogP contribution >= 0.6 is 15.9 Å². The summed E-state index contributed by atoms with van der Waals surface area (Å²) in [5.74, 6) is 0.775. The summed E-state index contributed by atoms with van der Waals surface area (Å²) in [5.41, 5.74) is 4.01. The molecule has 4 rings (SSSR count). The lowest BCUT2D eigenvalue weighted by Gasteiger charge is -2.28. The van der Waals surface area contributed by atoms with E-state index in [9.17, 15) is 4.79 Å². The van der Waals surface area contributed by atoms with Crippen molar-refractivity contribution in [2.75, 3.05) is 6.54 Å². The maximum Gasteiger partial charge on any atom is 0.255 e. The molecule has 0 saturated heterocycles. The van der Waals surface area contributed by atoms with E-state index in [2.05, 4.69) is 76.0 Å². The second-order valence-corrected chi connectivity index (χ2v) is 8.97. The fraction of sp³-hybridized carbons (Fsp3) is 0.400. The Morgan fingerprint density at radius 2 is 2.12 bits per heavy atom. The Hall–Kier alpha value is -1.92. The van der Waals surface area contributed by atoms with Crippen LogP contribution in [0.4, 0.5) is 0 Å². The van der Waals surface area contributed by atoms with Crippen LogP contribution in [0.2, 0.25) is 0 Å². The number of benzene rings is 1. The highest BCUT2D eigenvalue weighted by atomic mass is 79.9. The lowest BCUT2D eigenvalue weighted by molar-refractivity contribution is 0.242. The molecule has 2 N–H and O–H groups in total. The molecule has 6 heteroatoms. The summed E-state index contributed by atoms with van der Waals surface area (Å²) in [6, 6.07) is 6.29. The number of halogens is 1. The van der Waals surface area contributed by atoms with E-state index in [1.165, 1.54) is 10.9 Å². The Morgan fingerprint density at radius 1 is 1.31 bits per heavy atom. The Morgan fingerprint density at radius 3 is 2.88 bits per heavy atom. The fourth-order valence-electron chi connectivity index (χ4n) is 3.50. The van der Waals surface area contributed by atoms with Gasteiger partial charge in [-0.3, -0.25) is 9.69 Å². The minimum atomic E-state index is -0.149. The number of hydrogen-bond donors (Lipinski definition) is 2. The third kappa shape index (κ3) is 3.23. The monoisotopic (exact) mass is 414 g/mol. The van der Waals surface area contributed by atoms with Crippen molar-refractivity contribution >= 4 is 26.8 Å². The molecule has 0 saturated carbocycles. The molecule has 1 aromatic carbocycles. The largest absolute Gasteiger partial charge is 0.361 e. The summed E-state index contributed by atoms with van der Waals surface area (Å²) >= 11 is 3.51. The molecule has 5 nitrogen and oxygen atoms in total. The van der Waals surface area contributed by atoms with Crippen LogP contribution in [0.5, 0.6) is 0 Å². The second-order valence-electron chi connectivity index (χ2n) is 8.05. The quantitative estimate of drug-likeness (QED) is 0.668. The van der Waals surface area contributed by atoms with Crippen molar-refractivity contribution < 1.29 is 0 Å². The van der Waals surface area contributed by atoms with Crippen molar-refractivity contribution in [2.24, 2.45) is 0 Å². The zero-order chi connectivity index (χ0) is 18.5. The van der Waals surface area contributed by atoms with Crippen LogP contribution < -0.4 is 5.56 Å². The van der Waals surface area contributed by atoms with Gasteiger partial charge in [-0.25, -0.2) is 4.98 Å². The molecule has 3 heterocycles. The molecule has 0 fully saturated rings. The average molecular weight is 415 g/mol. The first kappa shape index (κ1) is 17.5. The first-order valence-electron chi connectivity index (χ1n) is 8.92. The lowest BCUT2D eigenvalue weighted by Crippen LogP contribution is -2.37. The van der Waals surface area contributed by atoms with Gasteiger partial charge in [0.2, 0.25) is 0 Å². The van der Waals surface area contributed by atoms with Gasteiger partial charge in [-0.15, -0.1) is 0 Å². The summed E-state index contributed by atoms with van der Waals surface area (Å²) in [4.78, 5) is 26.0.